The van der Waals surface area contributed by atoms with E-state index in [0.29, 0.717) is 23.2 Å². The van der Waals surface area contributed by atoms with Crippen LogP contribution in [0, 0.1) is 0 Å². The molecule has 4 rings (SSSR count). The van der Waals surface area contributed by atoms with Gasteiger partial charge in [0.05, 0.1) is 12.7 Å². The molecule has 0 radical (unpaired) electrons. The van der Waals surface area contributed by atoms with Crippen LogP contribution in [0.2, 0.25) is 0 Å². The molecule has 4 heterocycles. The van der Waals surface area contributed by atoms with Crippen molar-refractivity contribution in [3.05, 3.63) is 73.0 Å². The molecular formula is C18H14N6O2. The molecule has 0 unspecified atom stereocenters. The SMILES string of the molecule is O=C(Cc1cccnc1)Nc1cc(-n2cccn2)nc(-c2ccco2)n1. The largest absolute Gasteiger partial charge is 0.461 e. The van der Waals surface area contributed by atoms with Crippen molar-refractivity contribution in [2.75, 3.05) is 5.32 Å². The number of nitrogens with zero attached hydrogens (tertiary/aromatic N) is 5. The van der Waals surface area contributed by atoms with Crippen LogP contribution in [0.1, 0.15) is 5.56 Å². The van der Waals surface area contributed by atoms with Crippen molar-refractivity contribution < 1.29 is 9.21 Å². The van der Waals surface area contributed by atoms with Crippen LogP contribution >= 0.6 is 0 Å². The second kappa shape index (κ2) is 6.98. The molecule has 0 fully saturated rings. The highest BCUT2D eigenvalue weighted by molar-refractivity contribution is 5.91. The Bertz CT molecular complexity index is 945. The topological polar surface area (TPSA) is 98.7 Å². The Morgan fingerprint density at radius 2 is 2.12 bits per heavy atom. The number of rotatable bonds is 5. The molecule has 0 bridgehead atoms. The summed E-state index contributed by atoms with van der Waals surface area (Å²) in [5.74, 6) is 1.55. The van der Waals surface area contributed by atoms with Gasteiger partial charge in [-0.15, -0.1) is 0 Å². The molecule has 1 N–H and O–H groups in total. The summed E-state index contributed by atoms with van der Waals surface area (Å²) < 4.78 is 6.96. The van der Waals surface area contributed by atoms with E-state index >= 15 is 0 Å². The molecule has 4 aromatic heterocycles. The number of aromatic nitrogens is 5. The van der Waals surface area contributed by atoms with Crippen molar-refractivity contribution in [3.8, 4) is 17.4 Å². The van der Waals surface area contributed by atoms with Crippen LogP contribution in [-0.4, -0.2) is 30.6 Å². The van der Waals surface area contributed by atoms with E-state index in [1.54, 1.807) is 66.1 Å². The Labute approximate surface area is 148 Å². The number of anilines is 1. The summed E-state index contributed by atoms with van der Waals surface area (Å²) in [5.41, 5.74) is 0.817. The maximum Gasteiger partial charge on any atom is 0.230 e. The summed E-state index contributed by atoms with van der Waals surface area (Å²) >= 11 is 0. The van der Waals surface area contributed by atoms with Crippen LogP contribution in [0.5, 0.6) is 0 Å². The van der Waals surface area contributed by atoms with E-state index < -0.39 is 0 Å². The van der Waals surface area contributed by atoms with Gasteiger partial charge in [0, 0.05) is 30.9 Å². The van der Waals surface area contributed by atoms with Gasteiger partial charge in [-0.2, -0.15) is 5.10 Å². The van der Waals surface area contributed by atoms with Gasteiger partial charge in [-0.1, -0.05) is 6.07 Å². The fourth-order valence-corrected chi connectivity index (χ4v) is 2.41. The lowest BCUT2D eigenvalue weighted by Gasteiger charge is -2.08. The maximum atomic E-state index is 12.3. The average Bonchev–Trinajstić information content (AvgIpc) is 3.36. The van der Waals surface area contributed by atoms with E-state index in [2.05, 4.69) is 25.4 Å². The third kappa shape index (κ3) is 3.48. The Hall–Kier alpha value is -3.81. The van der Waals surface area contributed by atoms with E-state index in [9.17, 15) is 4.79 Å². The van der Waals surface area contributed by atoms with Crippen LogP contribution in [-0.2, 0) is 11.2 Å². The Kier molecular flexibility index (Phi) is 4.21. The van der Waals surface area contributed by atoms with Crippen molar-refractivity contribution in [1.82, 2.24) is 24.7 Å². The first kappa shape index (κ1) is 15.7. The predicted octanol–water partition coefficient (Wildman–Crippen LogP) is 2.50. The highest BCUT2D eigenvalue weighted by Gasteiger charge is 2.13. The van der Waals surface area contributed by atoms with Gasteiger partial charge in [-0.05, 0) is 29.8 Å². The second-order valence-electron chi connectivity index (χ2n) is 5.45. The zero-order chi connectivity index (χ0) is 17.8. The van der Waals surface area contributed by atoms with Gasteiger partial charge in [0.25, 0.3) is 0 Å². The van der Waals surface area contributed by atoms with Crippen molar-refractivity contribution in [3.63, 3.8) is 0 Å². The minimum Gasteiger partial charge on any atom is -0.461 e. The molecule has 0 aliphatic rings. The Morgan fingerprint density at radius 3 is 2.85 bits per heavy atom. The number of carbonyl (C=O) groups excluding carboxylic acids is 1. The first-order chi connectivity index (χ1) is 12.8. The molecule has 0 spiro atoms. The van der Waals surface area contributed by atoms with Gasteiger partial charge in [0.15, 0.2) is 17.4 Å². The van der Waals surface area contributed by atoms with Crippen LogP contribution < -0.4 is 5.32 Å². The van der Waals surface area contributed by atoms with Crippen molar-refractivity contribution in [2.45, 2.75) is 6.42 Å². The maximum absolute atomic E-state index is 12.3. The highest BCUT2D eigenvalue weighted by Crippen LogP contribution is 2.20. The molecule has 8 heteroatoms. The molecule has 0 aliphatic heterocycles. The van der Waals surface area contributed by atoms with Gasteiger partial charge in [-0.3, -0.25) is 9.78 Å². The first-order valence-electron chi connectivity index (χ1n) is 7.90. The molecule has 0 aliphatic carbocycles. The molecule has 128 valence electrons. The van der Waals surface area contributed by atoms with Crippen LogP contribution in [0.3, 0.4) is 0 Å². The van der Waals surface area contributed by atoms with Crippen LogP contribution in [0.4, 0.5) is 5.82 Å². The number of carbonyl (C=O) groups is 1. The lowest BCUT2D eigenvalue weighted by Crippen LogP contribution is -2.16. The predicted molar refractivity (Wildman–Crippen MR) is 93.4 cm³/mol. The normalized spacial score (nSPS) is 10.6. The number of hydrogen-bond donors (Lipinski definition) is 1. The summed E-state index contributed by atoms with van der Waals surface area (Å²) in [6.07, 6.45) is 8.47. The van der Waals surface area contributed by atoms with Crippen LogP contribution in [0.15, 0.2) is 71.9 Å². The zero-order valence-corrected chi connectivity index (χ0v) is 13.6. The van der Waals surface area contributed by atoms with Gasteiger partial charge in [-0.25, -0.2) is 14.6 Å². The van der Waals surface area contributed by atoms with Gasteiger partial charge in [0.1, 0.15) is 5.82 Å². The molecule has 0 atom stereocenters. The summed E-state index contributed by atoms with van der Waals surface area (Å²) in [7, 11) is 0. The van der Waals surface area contributed by atoms with E-state index in [0.717, 1.165) is 5.56 Å². The quantitative estimate of drug-likeness (QED) is 0.596. The summed E-state index contributed by atoms with van der Waals surface area (Å²) in [5, 5.41) is 6.97. The zero-order valence-electron chi connectivity index (χ0n) is 13.6. The van der Waals surface area contributed by atoms with Crippen LogP contribution in [0.25, 0.3) is 17.4 Å². The van der Waals surface area contributed by atoms with E-state index in [-0.39, 0.29) is 12.3 Å². The number of nitrogens with one attached hydrogen (secondary N) is 1. The lowest BCUT2D eigenvalue weighted by molar-refractivity contribution is -0.115. The molecule has 8 nitrogen and oxygen atoms in total. The monoisotopic (exact) mass is 346 g/mol. The molecule has 0 aromatic carbocycles. The third-order valence-corrected chi connectivity index (χ3v) is 3.55. The lowest BCUT2D eigenvalue weighted by atomic mass is 10.2. The minimum absolute atomic E-state index is 0.199. The van der Waals surface area contributed by atoms with E-state index in [4.69, 9.17) is 4.42 Å². The van der Waals surface area contributed by atoms with Gasteiger partial charge in [0.2, 0.25) is 5.91 Å². The number of amides is 1. The standard InChI is InChI=1S/C18H14N6O2/c25-17(10-13-4-1-6-19-12-13)21-15-11-16(24-8-3-7-20-24)23-18(22-15)14-5-2-9-26-14/h1-9,11-12H,10H2,(H,21,22,23,25). The second-order valence-corrected chi connectivity index (χ2v) is 5.45. The van der Waals surface area contributed by atoms with Crippen molar-refractivity contribution in [1.29, 1.82) is 0 Å². The molecule has 1 amide bonds. The number of hydrogen-bond acceptors (Lipinski definition) is 6. The fraction of sp³-hybridized carbons (Fsp3) is 0.0556. The number of pyridine rings is 1. The average molecular weight is 346 g/mol. The summed E-state index contributed by atoms with van der Waals surface area (Å²) in [6, 6.07) is 10.6. The molecular weight excluding hydrogens is 332 g/mol. The minimum atomic E-state index is -0.200. The fourth-order valence-electron chi connectivity index (χ4n) is 2.41. The summed E-state index contributed by atoms with van der Waals surface area (Å²) in [6.45, 7) is 0. The first-order valence-corrected chi connectivity index (χ1v) is 7.90. The number of furan rings is 1. The Balaban J connectivity index is 1.63. The highest BCUT2D eigenvalue weighted by atomic mass is 16.3. The molecule has 4 aromatic rings. The van der Waals surface area contributed by atoms with Crippen molar-refractivity contribution >= 4 is 11.7 Å². The van der Waals surface area contributed by atoms with E-state index in [1.807, 2.05) is 6.07 Å². The molecule has 0 saturated heterocycles. The van der Waals surface area contributed by atoms with Gasteiger partial charge >= 0.3 is 0 Å². The molecule has 26 heavy (non-hydrogen) atoms. The smallest absolute Gasteiger partial charge is 0.230 e. The van der Waals surface area contributed by atoms with Crippen molar-refractivity contribution in [2.24, 2.45) is 0 Å². The Morgan fingerprint density at radius 1 is 1.15 bits per heavy atom. The molecule has 0 saturated carbocycles. The third-order valence-electron chi connectivity index (χ3n) is 3.55. The van der Waals surface area contributed by atoms with E-state index in [1.165, 1.54) is 0 Å². The summed E-state index contributed by atoms with van der Waals surface area (Å²) in [4.78, 5) is 25.2. The van der Waals surface area contributed by atoms with Gasteiger partial charge < -0.3 is 9.73 Å².